The maximum atomic E-state index is 12.4. The van der Waals surface area contributed by atoms with Crippen molar-refractivity contribution in [1.82, 2.24) is 4.98 Å². The van der Waals surface area contributed by atoms with E-state index in [1.54, 1.807) is 29.5 Å². The molecular weight excluding hydrogens is 464 g/mol. The van der Waals surface area contributed by atoms with Gasteiger partial charge in [0, 0.05) is 20.6 Å². The first-order chi connectivity index (χ1) is 13.1. The van der Waals surface area contributed by atoms with Crippen LogP contribution in [0.5, 0.6) is 0 Å². The van der Waals surface area contributed by atoms with E-state index in [9.17, 15) is 4.79 Å². The Balaban J connectivity index is 1.51. The minimum Gasteiger partial charge on any atom is -0.322 e. The fraction of sp³-hybridized carbons (Fsp3) is 0. The highest BCUT2D eigenvalue weighted by molar-refractivity contribution is 9.10. The number of thiazole rings is 1. The lowest BCUT2D eigenvalue weighted by atomic mass is 10.2. The summed E-state index contributed by atoms with van der Waals surface area (Å²) in [5, 5.41) is 3.45. The van der Waals surface area contributed by atoms with Crippen LogP contribution in [0, 0.1) is 0 Å². The summed E-state index contributed by atoms with van der Waals surface area (Å²) in [4.78, 5) is 17.9. The summed E-state index contributed by atoms with van der Waals surface area (Å²) in [6.45, 7) is 0. The highest BCUT2D eigenvalue weighted by Gasteiger charge is 2.11. The first kappa shape index (κ1) is 18.5. The van der Waals surface area contributed by atoms with Crippen molar-refractivity contribution in [3.05, 3.63) is 81.8 Å². The highest BCUT2D eigenvalue weighted by atomic mass is 79.9. The topological polar surface area (TPSA) is 42.0 Å². The van der Waals surface area contributed by atoms with Crippen molar-refractivity contribution in [2.24, 2.45) is 0 Å². The monoisotopic (exact) mass is 474 g/mol. The van der Waals surface area contributed by atoms with Gasteiger partial charge in [-0.3, -0.25) is 4.79 Å². The highest BCUT2D eigenvalue weighted by Crippen LogP contribution is 2.38. The number of nitrogens with zero attached hydrogens (tertiary/aromatic N) is 1. The first-order valence-corrected chi connectivity index (χ1v) is 10.8. The third-order valence-corrected chi connectivity index (χ3v) is 6.84. The van der Waals surface area contributed by atoms with Gasteiger partial charge in [0.15, 0.2) is 4.34 Å². The van der Waals surface area contributed by atoms with E-state index in [4.69, 9.17) is 11.6 Å². The molecule has 7 heteroatoms. The van der Waals surface area contributed by atoms with Crippen molar-refractivity contribution in [2.45, 2.75) is 9.24 Å². The zero-order valence-corrected chi connectivity index (χ0v) is 17.8. The second kappa shape index (κ2) is 8.02. The van der Waals surface area contributed by atoms with E-state index in [1.807, 2.05) is 42.5 Å². The predicted molar refractivity (Wildman–Crippen MR) is 117 cm³/mol. The molecule has 0 saturated carbocycles. The molecule has 0 saturated heterocycles. The summed E-state index contributed by atoms with van der Waals surface area (Å²) in [5.74, 6) is -0.182. The molecule has 3 nitrogen and oxygen atoms in total. The van der Waals surface area contributed by atoms with Crippen LogP contribution in [-0.2, 0) is 0 Å². The van der Waals surface area contributed by atoms with E-state index in [1.165, 1.54) is 11.8 Å². The van der Waals surface area contributed by atoms with Crippen LogP contribution in [0.4, 0.5) is 5.69 Å². The number of halogens is 2. The summed E-state index contributed by atoms with van der Waals surface area (Å²) >= 11 is 13.0. The molecule has 0 spiro atoms. The largest absolute Gasteiger partial charge is 0.322 e. The third kappa shape index (κ3) is 4.35. The molecule has 1 amide bonds. The quantitative estimate of drug-likeness (QED) is 0.342. The molecule has 27 heavy (non-hydrogen) atoms. The van der Waals surface area contributed by atoms with Gasteiger partial charge in [0.05, 0.1) is 15.2 Å². The van der Waals surface area contributed by atoms with E-state index < -0.39 is 0 Å². The summed E-state index contributed by atoms with van der Waals surface area (Å²) in [5.41, 5.74) is 2.21. The van der Waals surface area contributed by atoms with Crippen LogP contribution in [-0.4, -0.2) is 10.9 Å². The van der Waals surface area contributed by atoms with Crippen LogP contribution in [0.1, 0.15) is 10.4 Å². The standard InChI is InChI=1S/C20H12BrClN2OS2/c21-13-5-3-4-12(10-13)19(25)23-14-8-9-17(15(22)11-14)26-20-24-16-6-1-2-7-18(16)27-20/h1-11H,(H,23,25). The fourth-order valence-corrected chi connectivity index (χ4v) is 5.21. The van der Waals surface area contributed by atoms with Gasteiger partial charge in [-0.1, -0.05) is 57.5 Å². The Morgan fingerprint density at radius 3 is 2.70 bits per heavy atom. The molecule has 1 aromatic heterocycles. The minimum absolute atomic E-state index is 0.182. The molecule has 0 aliphatic rings. The van der Waals surface area contributed by atoms with Crippen molar-refractivity contribution in [3.63, 3.8) is 0 Å². The normalized spacial score (nSPS) is 10.9. The number of anilines is 1. The van der Waals surface area contributed by atoms with Crippen molar-refractivity contribution >= 4 is 72.4 Å². The average Bonchev–Trinajstić information content (AvgIpc) is 3.06. The molecular formula is C20H12BrClN2OS2. The molecule has 4 rings (SSSR count). The number of rotatable bonds is 4. The Hall–Kier alpha value is -1.86. The Labute approximate surface area is 177 Å². The maximum Gasteiger partial charge on any atom is 0.255 e. The van der Waals surface area contributed by atoms with Gasteiger partial charge in [-0.2, -0.15) is 0 Å². The van der Waals surface area contributed by atoms with Gasteiger partial charge in [-0.25, -0.2) is 4.98 Å². The van der Waals surface area contributed by atoms with Gasteiger partial charge in [-0.15, -0.1) is 11.3 Å². The van der Waals surface area contributed by atoms with Crippen molar-refractivity contribution in [3.8, 4) is 0 Å². The van der Waals surface area contributed by atoms with Crippen LogP contribution in [0.25, 0.3) is 10.2 Å². The Morgan fingerprint density at radius 2 is 1.93 bits per heavy atom. The molecule has 0 fully saturated rings. The molecule has 0 aliphatic carbocycles. The van der Waals surface area contributed by atoms with Crippen molar-refractivity contribution in [2.75, 3.05) is 5.32 Å². The number of amides is 1. The van der Waals surface area contributed by atoms with Crippen LogP contribution >= 0.6 is 50.6 Å². The molecule has 1 heterocycles. The number of nitrogens with one attached hydrogen (secondary N) is 1. The van der Waals surface area contributed by atoms with Gasteiger partial charge < -0.3 is 5.32 Å². The van der Waals surface area contributed by atoms with Gasteiger partial charge in [-0.05, 0) is 48.5 Å². The lowest BCUT2D eigenvalue weighted by Gasteiger charge is -2.08. The van der Waals surface area contributed by atoms with Crippen LogP contribution in [0.3, 0.4) is 0 Å². The smallest absolute Gasteiger partial charge is 0.255 e. The van der Waals surface area contributed by atoms with Crippen molar-refractivity contribution < 1.29 is 4.79 Å². The van der Waals surface area contributed by atoms with Crippen LogP contribution < -0.4 is 5.32 Å². The first-order valence-electron chi connectivity index (χ1n) is 7.98. The summed E-state index contributed by atoms with van der Waals surface area (Å²) in [6, 6.07) is 20.8. The van der Waals surface area contributed by atoms with Crippen LogP contribution in [0.2, 0.25) is 5.02 Å². The van der Waals surface area contributed by atoms with Gasteiger partial charge in [0.1, 0.15) is 0 Å². The predicted octanol–water partition coefficient (Wildman–Crippen LogP) is 7.12. The van der Waals surface area contributed by atoms with Crippen molar-refractivity contribution in [1.29, 1.82) is 0 Å². The number of carbonyl (C=O) groups excluding carboxylic acids is 1. The lowest BCUT2D eigenvalue weighted by Crippen LogP contribution is -2.11. The second-order valence-corrected chi connectivity index (χ2v) is 9.30. The lowest BCUT2D eigenvalue weighted by molar-refractivity contribution is 0.102. The molecule has 0 bridgehead atoms. The average molecular weight is 476 g/mol. The number of benzene rings is 3. The second-order valence-electron chi connectivity index (χ2n) is 5.66. The molecule has 0 aliphatic heterocycles. The van der Waals surface area contributed by atoms with Gasteiger partial charge >= 0.3 is 0 Å². The maximum absolute atomic E-state index is 12.4. The number of aromatic nitrogens is 1. The number of carbonyl (C=O) groups is 1. The van der Waals surface area contributed by atoms with E-state index in [2.05, 4.69) is 32.3 Å². The van der Waals surface area contributed by atoms with E-state index in [0.29, 0.717) is 16.3 Å². The zero-order chi connectivity index (χ0) is 18.8. The molecule has 3 aromatic carbocycles. The molecule has 0 unspecified atom stereocenters. The molecule has 134 valence electrons. The number of hydrogen-bond donors (Lipinski definition) is 1. The molecule has 1 N–H and O–H groups in total. The Morgan fingerprint density at radius 1 is 1.07 bits per heavy atom. The molecule has 4 aromatic rings. The van der Waals surface area contributed by atoms with Gasteiger partial charge in [0.2, 0.25) is 0 Å². The zero-order valence-electron chi connectivity index (χ0n) is 13.8. The van der Waals surface area contributed by atoms with E-state index in [0.717, 1.165) is 23.9 Å². The van der Waals surface area contributed by atoms with Gasteiger partial charge in [0.25, 0.3) is 5.91 Å². The molecule has 0 atom stereocenters. The number of fused-ring (bicyclic) bond motifs is 1. The summed E-state index contributed by atoms with van der Waals surface area (Å²) < 4.78 is 2.94. The minimum atomic E-state index is -0.182. The van der Waals surface area contributed by atoms with Crippen LogP contribution in [0.15, 0.2) is 80.4 Å². The summed E-state index contributed by atoms with van der Waals surface area (Å²) in [7, 11) is 0. The fourth-order valence-electron chi connectivity index (χ4n) is 2.48. The SMILES string of the molecule is O=C(Nc1ccc(Sc2nc3ccccc3s2)c(Cl)c1)c1cccc(Br)c1. The summed E-state index contributed by atoms with van der Waals surface area (Å²) in [6.07, 6.45) is 0. The Kier molecular flexibility index (Phi) is 5.50. The number of hydrogen-bond acceptors (Lipinski definition) is 4. The van der Waals surface area contributed by atoms with E-state index in [-0.39, 0.29) is 5.91 Å². The number of para-hydroxylation sites is 1. The Bertz CT molecular complexity index is 1110. The molecule has 0 radical (unpaired) electrons. The van der Waals surface area contributed by atoms with E-state index >= 15 is 0 Å². The third-order valence-electron chi connectivity index (χ3n) is 3.75.